The second-order valence-corrected chi connectivity index (χ2v) is 8.82. The van der Waals surface area contributed by atoms with Gasteiger partial charge in [-0.1, -0.05) is 26.0 Å². The van der Waals surface area contributed by atoms with Gasteiger partial charge in [-0.05, 0) is 32.4 Å². The van der Waals surface area contributed by atoms with E-state index in [0.717, 1.165) is 45.6 Å². The average Bonchev–Trinajstić information content (AvgIpc) is 3.17. The van der Waals surface area contributed by atoms with Crippen molar-refractivity contribution >= 4 is 11.8 Å². The van der Waals surface area contributed by atoms with Gasteiger partial charge in [0.25, 0.3) is 0 Å². The Hall–Kier alpha value is -1.40. The second kappa shape index (κ2) is 6.64. The smallest absolute Gasteiger partial charge is 0.230 e. The number of carbonyl (C=O) groups excluding carboxylic acids is 2. The van der Waals surface area contributed by atoms with Gasteiger partial charge in [0, 0.05) is 26.2 Å². The van der Waals surface area contributed by atoms with Crippen LogP contribution in [0.3, 0.4) is 0 Å². The molecule has 0 radical (unpaired) electrons. The molecule has 26 heavy (non-hydrogen) atoms. The fraction of sp³-hybridized carbons (Fsp3) is 0.800. The SMILES string of the molecule is CC(C)CCN1C[C@]23C=C[C@H](O2)[C@H](C(=O)N2CCCN(C)CC2)[C@@H]3C1=O. The van der Waals surface area contributed by atoms with Gasteiger partial charge in [-0.2, -0.15) is 0 Å². The minimum Gasteiger partial charge on any atom is -0.360 e. The van der Waals surface area contributed by atoms with Crippen LogP contribution in [0.4, 0.5) is 0 Å². The monoisotopic (exact) mass is 361 g/mol. The number of nitrogens with zero attached hydrogens (tertiary/aromatic N) is 3. The fourth-order valence-corrected chi connectivity index (χ4v) is 4.94. The van der Waals surface area contributed by atoms with Crippen molar-refractivity contribution in [1.29, 1.82) is 0 Å². The highest BCUT2D eigenvalue weighted by Gasteiger charge is 2.67. The zero-order chi connectivity index (χ0) is 18.5. The number of hydrogen-bond donors (Lipinski definition) is 0. The molecule has 0 aromatic rings. The van der Waals surface area contributed by atoms with Gasteiger partial charge >= 0.3 is 0 Å². The molecule has 6 nitrogen and oxygen atoms in total. The van der Waals surface area contributed by atoms with Gasteiger partial charge in [-0.3, -0.25) is 9.59 Å². The quantitative estimate of drug-likeness (QED) is 0.701. The molecule has 6 heteroatoms. The molecule has 4 heterocycles. The Morgan fingerprint density at radius 1 is 1.31 bits per heavy atom. The number of likely N-dealkylation sites (N-methyl/N-ethyl adjacent to an activating group) is 1. The fourth-order valence-electron chi connectivity index (χ4n) is 4.94. The molecule has 2 amide bonds. The summed E-state index contributed by atoms with van der Waals surface area (Å²) in [5, 5.41) is 0. The molecular formula is C20H31N3O3. The molecule has 4 rings (SSSR count). The van der Waals surface area contributed by atoms with E-state index in [4.69, 9.17) is 4.74 Å². The van der Waals surface area contributed by atoms with Crippen LogP contribution in [-0.4, -0.2) is 84.5 Å². The minimum atomic E-state index is -0.568. The first kappa shape index (κ1) is 18.0. The van der Waals surface area contributed by atoms with Crippen molar-refractivity contribution in [2.75, 3.05) is 46.3 Å². The lowest BCUT2D eigenvalue weighted by molar-refractivity contribution is -0.143. The molecule has 0 saturated carbocycles. The summed E-state index contributed by atoms with van der Waals surface area (Å²) in [5.41, 5.74) is -0.568. The van der Waals surface area contributed by atoms with Crippen LogP contribution in [0.15, 0.2) is 12.2 Å². The Balaban J connectivity index is 1.52. The molecule has 2 bridgehead atoms. The van der Waals surface area contributed by atoms with E-state index in [1.165, 1.54) is 0 Å². The van der Waals surface area contributed by atoms with Gasteiger partial charge in [0.05, 0.1) is 24.5 Å². The summed E-state index contributed by atoms with van der Waals surface area (Å²) >= 11 is 0. The van der Waals surface area contributed by atoms with E-state index in [0.29, 0.717) is 12.5 Å². The number of carbonyl (C=O) groups is 2. The Labute approximate surface area is 156 Å². The van der Waals surface area contributed by atoms with Crippen molar-refractivity contribution in [3.8, 4) is 0 Å². The molecule has 4 atom stereocenters. The largest absolute Gasteiger partial charge is 0.360 e. The lowest BCUT2D eigenvalue weighted by Crippen LogP contribution is -2.47. The molecule has 0 aliphatic carbocycles. The summed E-state index contributed by atoms with van der Waals surface area (Å²) in [5.74, 6) is 0.0986. The second-order valence-electron chi connectivity index (χ2n) is 8.82. The van der Waals surface area contributed by atoms with Crippen molar-refractivity contribution < 1.29 is 14.3 Å². The van der Waals surface area contributed by atoms with Crippen molar-refractivity contribution in [1.82, 2.24) is 14.7 Å². The number of likely N-dealkylation sites (tertiary alicyclic amines) is 1. The maximum atomic E-state index is 13.3. The number of amides is 2. The number of hydrogen-bond acceptors (Lipinski definition) is 4. The lowest BCUT2D eigenvalue weighted by atomic mass is 9.76. The van der Waals surface area contributed by atoms with E-state index in [1.54, 1.807) is 0 Å². The highest BCUT2D eigenvalue weighted by molar-refractivity contribution is 5.93. The molecule has 4 aliphatic rings. The van der Waals surface area contributed by atoms with Crippen molar-refractivity contribution in [2.45, 2.75) is 38.4 Å². The summed E-state index contributed by atoms with van der Waals surface area (Å²) in [6.45, 7) is 9.13. The van der Waals surface area contributed by atoms with Gasteiger partial charge in [0.15, 0.2) is 0 Å². The standard InChI is InChI=1S/C20H31N3O3/c1-14(2)6-10-23-13-20-7-5-15(26-20)16(17(20)19(23)25)18(24)22-9-4-8-21(3)11-12-22/h5,7,14-17H,4,6,8-13H2,1-3H3/t15-,16-,17+,20-/m0/s1. The number of ether oxygens (including phenoxy) is 1. The maximum absolute atomic E-state index is 13.3. The predicted molar refractivity (Wildman–Crippen MR) is 98.5 cm³/mol. The average molecular weight is 361 g/mol. The van der Waals surface area contributed by atoms with Crippen LogP contribution in [-0.2, 0) is 14.3 Å². The van der Waals surface area contributed by atoms with Gasteiger partial charge in [-0.15, -0.1) is 0 Å². The number of rotatable bonds is 4. The maximum Gasteiger partial charge on any atom is 0.230 e. The molecule has 4 aliphatic heterocycles. The van der Waals surface area contributed by atoms with E-state index >= 15 is 0 Å². The van der Waals surface area contributed by atoms with E-state index in [-0.39, 0.29) is 29.8 Å². The molecule has 0 unspecified atom stereocenters. The summed E-state index contributed by atoms with van der Waals surface area (Å²) in [6, 6.07) is 0. The van der Waals surface area contributed by atoms with E-state index in [1.807, 2.05) is 15.9 Å². The van der Waals surface area contributed by atoms with Crippen LogP contribution in [0.2, 0.25) is 0 Å². The first-order chi connectivity index (χ1) is 12.4. The normalized spacial score (nSPS) is 36.9. The van der Waals surface area contributed by atoms with Crippen molar-refractivity contribution in [3.05, 3.63) is 12.2 Å². The Morgan fingerprint density at radius 3 is 2.88 bits per heavy atom. The Kier molecular flexibility index (Phi) is 4.59. The highest BCUT2D eigenvalue weighted by atomic mass is 16.5. The molecule has 3 fully saturated rings. The van der Waals surface area contributed by atoms with Crippen molar-refractivity contribution in [2.24, 2.45) is 17.8 Å². The Bertz CT molecular complexity index is 619. The van der Waals surface area contributed by atoms with Gasteiger partial charge in [-0.25, -0.2) is 0 Å². The summed E-state index contributed by atoms with van der Waals surface area (Å²) in [7, 11) is 2.10. The molecule has 0 aromatic heterocycles. The molecule has 0 aromatic carbocycles. The Morgan fingerprint density at radius 2 is 2.12 bits per heavy atom. The topological polar surface area (TPSA) is 53.1 Å². The third-order valence-corrected chi connectivity index (χ3v) is 6.47. The molecule has 3 saturated heterocycles. The third-order valence-electron chi connectivity index (χ3n) is 6.47. The lowest BCUT2D eigenvalue weighted by Gasteiger charge is -2.29. The first-order valence-corrected chi connectivity index (χ1v) is 10.0. The summed E-state index contributed by atoms with van der Waals surface area (Å²) in [6.07, 6.45) is 5.81. The zero-order valence-corrected chi connectivity index (χ0v) is 16.2. The van der Waals surface area contributed by atoms with Crippen LogP contribution in [0, 0.1) is 17.8 Å². The van der Waals surface area contributed by atoms with Crippen LogP contribution < -0.4 is 0 Å². The van der Waals surface area contributed by atoms with E-state index < -0.39 is 5.60 Å². The minimum absolute atomic E-state index is 0.112. The highest BCUT2D eigenvalue weighted by Crippen LogP contribution is 2.52. The molecule has 1 spiro atoms. The first-order valence-electron chi connectivity index (χ1n) is 10.0. The molecule has 144 valence electrons. The van der Waals surface area contributed by atoms with Crippen LogP contribution in [0.25, 0.3) is 0 Å². The summed E-state index contributed by atoms with van der Waals surface area (Å²) in [4.78, 5) is 32.6. The zero-order valence-electron chi connectivity index (χ0n) is 16.2. The van der Waals surface area contributed by atoms with E-state index in [9.17, 15) is 9.59 Å². The predicted octanol–water partition coefficient (Wildman–Crippen LogP) is 0.979. The van der Waals surface area contributed by atoms with Crippen molar-refractivity contribution in [3.63, 3.8) is 0 Å². The van der Waals surface area contributed by atoms with Crippen LogP contribution in [0.1, 0.15) is 26.7 Å². The molecule has 0 N–H and O–H groups in total. The third kappa shape index (κ3) is 2.87. The van der Waals surface area contributed by atoms with Gasteiger partial charge in [0.2, 0.25) is 11.8 Å². The van der Waals surface area contributed by atoms with Crippen LogP contribution in [0.5, 0.6) is 0 Å². The summed E-state index contributed by atoms with van der Waals surface area (Å²) < 4.78 is 6.24. The van der Waals surface area contributed by atoms with Crippen LogP contribution >= 0.6 is 0 Å². The van der Waals surface area contributed by atoms with E-state index in [2.05, 4.69) is 31.9 Å². The molecular weight excluding hydrogens is 330 g/mol. The van der Waals surface area contributed by atoms with Gasteiger partial charge < -0.3 is 19.4 Å². The van der Waals surface area contributed by atoms with Gasteiger partial charge in [0.1, 0.15) is 5.60 Å². The number of fused-ring (bicyclic) bond motifs is 1.